The van der Waals surface area contributed by atoms with Crippen molar-refractivity contribution in [2.75, 3.05) is 12.4 Å². The molecule has 1 saturated carbocycles. The lowest BCUT2D eigenvalue weighted by Crippen LogP contribution is -2.25. The minimum atomic E-state index is 0.243. The van der Waals surface area contributed by atoms with Crippen LogP contribution in [0.3, 0.4) is 0 Å². The van der Waals surface area contributed by atoms with Crippen molar-refractivity contribution in [2.24, 2.45) is 5.92 Å². The van der Waals surface area contributed by atoms with E-state index < -0.39 is 0 Å². The van der Waals surface area contributed by atoms with Crippen LogP contribution in [0.2, 0.25) is 0 Å². The van der Waals surface area contributed by atoms with E-state index >= 15 is 0 Å². The molecule has 0 unspecified atom stereocenters. The second-order valence-electron chi connectivity index (χ2n) is 4.67. The molecule has 0 amide bonds. The summed E-state index contributed by atoms with van der Waals surface area (Å²) in [5, 5.41) is 12.4. The van der Waals surface area contributed by atoms with Crippen LogP contribution in [0.1, 0.15) is 25.7 Å². The lowest BCUT2D eigenvalue weighted by Gasteiger charge is -2.27. The molecular weight excluding hydrogens is 292 g/mol. The van der Waals surface area contributed by atoms with Crippen molar-refractivity contribution in [3.8, 4) is 11.8 Å². The normalized spacial score (nSPS) is 23.2. The molecule has 1 aromatic carbocycles. The number of benzene rings is 1. The number of methoxy groups -OCH3 is 1. The van der Waals surface area contributed by atoms with Crippen LogP contribution in [0, 0.1) is 17.2 Å². The molecule has 0 spiro atoms. The predicted octanol–water partition coefficient (Wildman–Crippen LogP) is 3.95. The molecule has 2 rings (SSSR count). The summed E-state index contributed by atoms with van der Waals surface area (Å²) in [4.78, 5) is 0. The summed E-state index contributed by atoms with van der Waals surface area (Å²) in [7, 11) is 1.68. The van der Waals surface area contributed by atoms with Crippen LogP contribution in [-0.2, 0) is 0 Å². The van der Waals surface area contributed by atoms with E-state index in [-0.39, 0.29) is 5.92 Å². The van der Waals surface area contributed by atoms with Gasteiger partial charge in [0.15, 0.2) is 0 Å². The van der Waals surface area contributed by atoms with Gasteiger partial charge >= 0.3 is 0 Å². The predicted molar refractivity (Wildman–Crippen MR) is 75.7 cm³/mol. The SMILES string of the molecule is COc1ccc(Br)cc1NC1CCC(C#N)CC1. The molecule has 1 fully saturated rings. The second-order valence-corrected chi connectivity index (χ2v) is 5.58. The summed E-state index contributed by atoms with van der Waals surface area (Å²) in [5.41, 5.74) is 1.02. The minimum absolute atomic E-state index is 0.243. The molecule has 1 aromatic rings. The topological polar surface area (TPSA) is 45.0 Å². The first-order valence-electron chi connectivity index (χ1n) is 6.22. The third-order valence-electron chi connectivity index (χ3n) is 3.43. The Hall–Kier alpha value is -1.21. The Morgan fingerprint density at radius 1 is 1.33 bits per heavy atom. The molecule has 1 aliphatic rings. The number of ether oxygens (including phenoxy) is 1. The van der Waals surface area contributed by atoms with E-state index in [0.29, 0.717) is 6.04 Å². The lowest BCUT2D eigenvalue weighted by molar-refractivity contribution is 0.392. The summed E-state index contributed by atoms with van der Waals surface area (Å²) in [6.07, 6.45) is 4.08. The van der Waals surface area contributed by atoms with E-state index in [2.05, 4.69) is 27.3 Å². The number of nitriles is 1. The first kappa shape index (κ1) is 13.2. The second kappa shape index (κ2) is 6.10. The van der Waals surface area contributed by atoms with Gasteiger partial charge in [-0.05, 0) is 43.9 Å². The van der Waals surface area contributed by atoms with E-state index in [1.54, 1.807) is 7.11 Å². The van der Waals surface area contributed by atoms with Gasteiger partial charge in [-0.3, -0.25) is 0 Å². The summed E-state index contributed by atoms with van der Waals surface area (Å²) in [6, 6.07) is 8.76. The fraction of sp³-hybridized carbons (Fsp3) is 0.500. The first-order valence-corrected chi connectivity index (χ1v) is 7.02. The van der Waals surface area contributed by atoms with Crippen LogP contribution >= 0.6 is 15.9 Å². The molecular formula is C14H17BrN2O. The van der Waals surface area contributed by atoms with Gasteiger partial charge in [0.25, 0.3) is 0 Å². The van der Waals surface area contributed by atoms with Crippen molar-refractivity contribution in [3.63, 3.8) is 0 Å². The van der Waals surface area contributed by atoms with Crippen LogP contribution in [0.25, 0.3) is 0 Å². The van der Waals surface area contributed by atoms with Gasteiger partial charge < -0.3 is 10.1 Å². The summed E-state index contributed by atoms with van der Waals surface area (Å²) < 4.78 is 6.39. The zero-order chi connectivity index (χ0) is 13.0. The van der Waals surface area contributed by atoms with Crippen molar-refractivity contribution < 1.29 is 4.74 Å². The number of nitrogens with zero attached hydrogens (tertiary/aromatic N) is 1. The highest BCUT2D eigenvalue weighted by molar-refractivity contribution is 9.10. The van der Waals surface area contributed by atoms with Gasteiger partial charge in [-0.1, -0.05) is 15.9 Å². The number of halogens is 1. The smallest absolute Gasteiger partial charge is 0.142 e. The molecule has 18 heavy (non-hydrogen) atoms. The van der Waals surface area contributed by atoms with Gasteiger partial charge in [0.05, 0.1) is 18.9 Å². The maximum absolute atomic E-state index is 8.89. The van der Waals surface area contributed by atoms with Gasteiger partial charge in [0.1, 0.15) is 5.75 Å². The van der Waals surface area contributed by atoms with E-state index in [4.69, 9.17) is 10.00 Å². The first-order chi connectivity index (χ1) is 8.72. The van der Waals surface area contributed by atoms with E-state index in [9.17, 15) is 0 Å². The highest BCUT2D eigenvalue weighted by Gasteiger charge is 2.21. The molecule has 3 nitrogen and oxygen atoms in total. The van der Waals surface area contributed by atoms with E-state index in [1.807, 2.05) is 18.2 Å². The zero-order valence-corrected chi connectivity index (χ0v) is 12.0. The molecule has 0 aliphatic heterocycles. The van der Waals surface area contributed by atoms with Crippen LogP contribution < -0.4 is 10.1 Å². The number of nitrogens with one attached hydrogen (secondary N) is 1. The van der Waals surface area contributed by atoms with Crippen molar-refractivity contribution in [2.45, 2.75) is 31.7 Å². The molecule has 4 heteroatoms. The largest absolute Gasteiger partial charge is 0.495 e. The molecule has 1 N–H and O–H groups in total. The van der Waals surface area contributed by atoms with Gasteiger partial charge in [0, 0.05) is 16.4 Å². The van der Waals surface area contributed by atoms with Crippen LogP contribution in [0.15, 0.2) is 22.7 Å². The average molecular weight is 309 g/mol. The quantitative estimate of drug-likeness (QED) is 0.919. The Bertz CT molecular complexity index is 448. The number of anilines is 1. The number of hydrogen-bond acceptors (Lipinski definition) is 3. The fourth-order valence-electron chi connectivity index (χ4n) is 2.38. The van der Waals surface area contributed by atoms with Crippen molar-refractivity contribution in [3.05, 3.63) is 22.7 Å². The molecule has 0 atom stereocenters. The lowest BCUT2D eigenvalue weighted by atomic mass is 9.87. The van der Waals surface area contributed by atoms with Gasteiger partial charge in [0.2, 0.25) is 0 Å². The summed E-state index contributed by atoms with van der Waals surface area (Å²) in [5.74, 6) is 1.10. The average Bonchev–Trinajstić information content (AvgIpc) is 2.40. The van der Waals surface area contributed by atoms with Crippen LogP contribution in [-0.4, -0.2) is 13.2 Å². The molecule has 0 saturated heterocycles. The number of hydrogen-bond donors (Lipinski definition) is 1. The van der Waals surface area contributed by atoms with E-state index in [1.165, 1.54) is 0 Å². The third kappa shape index (κ3) is 3.17. The Kier molecular flexibility index (Phi) is 4.48. The third-order valence-corrected chi connectivity index (χ3v) is 3.92. The van der Waals surface area contributed by atoms with Crippen LogP contribution in [0.4, 0.5) is 5.69 Å². The fourth-order valence-corrected chi connectivity index (χ4v) is 2.74. The summed E-state index contributed by atoms with van der Waals surface area (Å²) >= 11 is 3.47. The van der Waals surface area contributed by atoms with Gasteiger partial charge in [-0.15, -0.1) is 0 Å². The molecule has 0 heterocycles. The molecule has 0 bridgehead atoms. The maximum Gasteiger partial charge on any atom is 0.142 e. The molecule has 0 radical (unpaired) electrons. The van der Waals surface area contributed by atoms with Gasteiger partial charge in [-0.2, -0.15) is 5.26 Å². The zero-order valence-electron chi connectivity index (χ0n) is 10.4. The van der Waals surface area contributed by atoms with Crippen molar-refractivity contribution >= 4 is 21.6 Å². The van der Waals surface area contributed by atoms with Crippen molar-refractivity contribution in [1.82, 2.24) is 0 Å². The van der Waals surface area contributed by atoms with E-state index in [0.717, 1.165) is 41.6 Å². The minimum Gasteiger partial charge on any atom is -0.495 e. The maximum atomic E-state index is 8.89. The summed E-state index contributed by atoms with van der Waals surface area (Å²) in [6.45, 7) is 0. The van der Waals surface area contributed by atoms with Crippen molar-refractivity contribution in [1.29, 1.82) is 5.26 Å². The molecule has 96 valence electrons. The Balaban J connectivity index is 2.02. The molecule has 1 aliphatic carbocycles. The Labute approximate surface area is 116 Å². The highest BCUT2D eigenvalue weighted by atomic mass is 79.9. The standard InChI is InChI=1S/C14H17BrN2O/c1-18-14-7-4-11(15)8-13(14)17-12-5-2-10(9-16)3-6-12/h4,7-8,10,12,17H,2-3,5-6H2,1H3. The Morgan fingerprint density at radius 2 is 2.06 bits per heavy atom. The monoisotopic (exact) mass is 308 g/mol. The molecule has 0 aromatic heterocycles. The van der Waals surface area contributed by atoms with Crippen LogP contribution in [0.5, 0.6) is 5.75 Å². The number of rotatable bonds is 3. The van der Waals surface area contributed by atoms with Gasteiger partial charge in [-0.25, -0.2) is 0 Å². The highest BCUT2D eigenvalue weighted by Crippen LogP contribution is 2.32. The Morgan fingerprint density at radius 3 is 2.67 bits per heavy atom.